The number of hydroxylamine groups is 1. The molecule has 4 aromatic rings. The number of amides is 1. The van der Waals surface area contributed by atoms with Crippen LogP contribution in [-0.2, 0) is 25.7 Å². The average molecular weight is 734 g/mol. The number of halogens is 1. The van der Waals surface area contributed by atoms with Crippen molar-refractivity contribution in [2.24, 2.45) is 0 Å². The van der Waals surface area contributed by atoms with E-state index in [0.717, 1.165) is 33.6 Å². The Kier molecular flexibility index (Phi) is 14.4. The van der Waals surface area contributed by atoms with Gasteiger partial charge in [0.05, 0.1) is 23.0 Å². The van der Waals surface area contributed by atoms with Gasteiger partial charge in [0, 0.05) is 36.1 Å². The lowest BCUT2D eigenvalue weighted by Crippen LogP contribution is -2.51. The van der Waals surface area contributed by atoms with E-state index in [1.54, 1.807) is 18.2 Å². The lowest BCUT2D eigenvalue weighted by molar-refractivity contribution is -0.385. The normalized spacial score (nSPS) is 16.7. The number of carbonyl (C=O) groups excluding carboxylic acids is 1. The molecule has 3 aromatic carbocycles. The second kappa shape index (κ2) is 19.1. The summed E-state index contributed by atoms with van der Waals surface area (Å²) in [6, 6.07) is 25.8. The molecule has 2 N–H and O–H groups in total. The highest BCUT2D eigenvalue weighted by Gasteiger charge is 2.37. The van der Waals surface area contributed by atoms with Gasteiger partial charge in [0.1, 0.15) is 5.82 Å². The Hall–Kier alpha value is -4.58. The Balaban J connectivity index is 1.59. The van der Waals surface area contributed by atoms with Crippen LogP contribution in [0.25, 0.3) is 16.8 Å². The topological polar surface area (TPSA) is 83.0 Å². The van der Waals surface area contributed by atoms with Crippen molar-refractivity contribution in [1.29, 1.82) is 0 Å². The standard InChI is InChI=1S/C44H53BFN3O5/c1-8-10-13-18-32(9-2)39-40(43(50)48-36-21-16-12-17-22-36)41(31(3)4)49(42(39)33-23-25-35(46)26-24-33)28-27-37-29-38(30-47-54-53-44(5,6)7)52-45(51-37)34-19-14-11-15-20-34/h8-12,14-26,31,37-38,47H,2,13,27-30H2,1,3-7H3,(H,48,50)/b10-8-,32-18+. The van der Waals surface area contributed by atoms with E-state index in [4.69, 9.17) is 19.2 Å². The number of carbonyl (C=O) groups is 1. The molecule has 0 radical (unpaired) electrons. The van der Waals surface area contributed by atoms with Gasteiger partial charge in [-0.3, -0.25) is 4.79 Å². The molecule has 1 aliphatic rings. The van der Waals surface area contributed by atoms with E-state index in [0.29, 0.717) is 43.6 Å². The average Bonchev–Trinajstić information content (AvgIpc) is 3.50. The molecule has 0 aliphatic carbocycles. The second-order valence-electron chi connectivity index (χ2n) is 14.7. The van der Waals surface area contributed by atoms with Crippen molar-refractivity contribution >= 4 is 29.7 Å². The fraction of sp³-hybridized carbons (Fsp3) is 0.341. The molecule has 1 fully saturated rings. The van der Waals surface area contributed by atoms with Crippen LogP contribution in [-0.4, -0.2) is 41.9 Å². The Morgan fingerprint density at radius 1 is 1.00 bits per heavy atom. The number of nitrogens with one attached hydrogen (secondary N) is 2. The molecule has 10 heteroatoms. The highest BCUT2D eigenvalue weighted by Crippen LogP contribution is 2.41. The minimum Gasteiger partial charge on any atom is -0.404 e. The van der Waals surface area contributed by atoms with Crippen LogP contribution in [0, 0.1) is 5.82 Å². The molecule has 2 unspecified atom stereocenters. The minimum absolute atomic E-state index is 0.0549. The number of hydrogen-bond donors (Lipinski definition) is 2. The van der Waals surface area contributed by atoms with Crippen LogP contribution in [0.1, 0.15) is 88.3 Å². The maximum Gasteiger partial charge on any atom is 0.494 e. The van der Waals surface area contributed by atoms with E-state index in [2.05, 4.69) is 47.9 Å². The van der Waals surface area contributed by atoms with Gasteiger partial charge >= 0.3 is 7.12 Å². The molecule has 2 heterocycles. The van der Waals surface area contributed by atoms with E-state index in [-0.39, 0.29) is 29.9 Å². The third kappa shape index (κ3) is 10.8. The van der Waals surface area contributed by atoms with Crippen molar-refractivity contribution in [3.05, 3.63) is 138 Å². The van der Waals surface area contributed by atoms with Gasteiger partial charge in [-0.25, -0.2) is 9.28 Å². The molecule has 0 bridgehead atoms. The largest absolute Gasteiger partial charge is 0.494 e. The molecule has 1 aromatic heterocycles. The number of hydrogen-bond acceptors (Lipinski definition) is 6. The van der Waals surface area contributed by atoms with Crippen LogP contribution in [0.3, 0.4) is 0 Å². The van der Waals surface area contributed by atoms with Crippen molar-refractivity contribution in [1.82, 2.24) is 10.0 Å². The maximum absolute atomic E-state index is 14.6. The van der Waals surface area contributed by atoms with E-state index in [9.17, 15) is 9.18 Å². The smallest absolute Gasteiger partial charge is 0.404 e. The van der Waals surface area contributed by atoms with Crippen LogP contribution in [0.2, 0.25) is 0 Å². The summed E-state index contributed by atoms with van der Waals surface area (Å²) in [5, 5.41) is 3.15. The van der Waals surface area contributed by atoms with Crippen LogP contribution in [0.5, 0.6) is 0 Å². The Labute approximate surface area is 320 Å². The molecule has 5 rings (SSSR count). The summed E-state index contributed by atoms with van der Waals surface area (Å²) in [7, 11) is -0.587. The van der Waals surface area contributed by atoms with E-state index >= 15 is 0 Å². The molecule has 0 spiro atoms. The lowest BCUT2D eigenvalue weighted by atomic mass is 9.76. The van der Waals surface area contributed by atoms with Gasteiger partial charge in [-0.2, -0.15) is 5.48 Å². The van der Waals surface area contributed by atoms with Crippen LogP contribution in [0.15, 0.2) is 116 Å². The predicted octanol–water partition coefficient (Wildman–Crippen LogP) is 9.42. The highest BCUT2D eigenvalue weighted by molar-refractivity contribution is 6.61. The number of rotatable bonds is 16. The Bertz CT molecular complexity index is 1890. The van der Waals surface area contributed by atoms with Crippen molar-refractivity contribution in [3.63, 3.8) is 0 Å². The van der Waals surface area contributed by atoms with Gasteiger partial charge < -0.3 is 19.2 Å². The number of aromatic nitrogens is 1. The number of para-hydroxylation sites is 1. The first-order valence-electron chi connectivity index (χ1n) is 18.7. The number of anilines is 1. The molecule has 1 saturated heterocycles. The van der Waals surface area contributed by atoms with Gasteiger partial charge in [-0.15, -0.1) is 4.99 Å². The summed E-state index contributed by atoms with van der Waals surface area (Å²) in [4.78, 5) is 25.3. The molecule has 54 heavy (non-hydrogen) atoms. The number of allylic oxidation sites excluding steroid dienone is 5. The molecule has 1 aliphatic heterocycles. The van der Waals surface area contributed by atoms with Crippen molar-refractivity contribution in [3.8, 4) is 11.3 Å². The third-order valence-corrected chi connectivity index (χ3v) is 9.01. The molecular weight excluding hydrogens is 680 g/mol. The fourth-order valence-corrected chi connectivity index (χ4v) is 6.65. The van der Waals surface area contributed by atoms with Crippen LogP contribution in [0.4, 0.5) is 10.1 Å². The molecule has 8 nitrogen and oxygen atoms in total. The zero-order valence-electron chi connectivity index (χ0n) is 32.3. The third-order valence-electron chi connectivity index (χ3n) is 9.01. The minimum atomic E-state index is -0.587. The highest BCUT2D eigenvalue weighted by atomic mass is 19.1. The van der Waals surface area contributed by atoms with Crippen molar-refractivity contribution in [2.45, 2.75) is 91.1 Å². The van der Waals surface area contributed by atoms with Gasteiger partial charge in [-0.05, 0) is 106 Å². The zero-order chi connectivity index (χ0) is 38.7. The lowest BCUT2D eigenvalue weighted by Gasteiger charge is -2.35. The first-order chi connectivity index (χ1) is 26.0. The first kappa shape index (κ1) is 40.6. The quantitative estimate of drug-likeness (QED) is 0.0298. The van der Waals surface area contributed by atoms with Crippen LogP contribution < -0.4 is 16.3 Å². The SMILES string of the molecule is C=C/C(=C\C/C=C\C)c1c(C(=O)Nc2ccccc2)c(C(C)C)n(CCC2CC(CNOOC(C)(C)C)OB(c3ccccc3)O2)c1-c1ccc(F)cc1. The van der Waals surface area contributed by atoms with Crippen molar-refractivity contribution in [2.75, 3.05) is 11.9 Å². The summed E-state index contributed by atoms with van der Waals surface area (Å²) in [5.74, 6) is -0.618. The van der Waals surface area contributed by atoms with Gasteiger partial charge in [-0.1, -0.05) is 93.3 Å². The molecule has 0 saturated carbocycles. The second-order valence-corrected chi connectivity index (χ2v) is 14.7. The summed E-state index contributed by atoms with van der Waals surface area (Å²) in [6.45, 7) is 17.0. The number of nitrogens with zero attached hydrogens (tertiary/aromatic N) is 1. The summed E-state index contributed by atoms with van der Waals surface area (Å²) < 4.78 is 29.7. The van der Waals surface area contributed by atoms with Gasteiger partial charge in [0.25, 0.3) is 5.91 Å². The van der Waals surface area contributed by atoms with E-state index < -0.39 is 12.7 Å². The first-order valence-corrected chi connectivity index (χ1v) is 18.7. The summed E-state index contributed by atoms with van der Waals surface area (Å²) >= 11 is 0. The van der Waals surface area contributed by atoms with Crippen LogP contribution >= 0.6 is 0 Å². The molecule has 284 valence electrons. The van der Waals surface area contributed by atoms with E-state index in [1.807, 2.05) is 94.4 Å². The molecule has 1 amide bonds. The zero-order valence-corrected chi connectivity index (χ0v) is 32.3. The van der Waals surface area contributed by atoms with Gasteiger partial charge in [0.15, 0.2) is 0 Å². The van der Waals surface area contributed by atoms with Crippen molar-refractivity contribution < 1.29 is 28.4 Å². The van der Waals surface area contributed by atoms with Gasteiger partial charge in [0.2, 0.25) is 0 Å². The van der Waals surface area contributed by atoms with E-state index in [1.165, 1.54) is 12.1 Å². The molecular formula is C44H53BFN3O5. The number of benzene rings is 3. The Morgan fingerprint density at radius 2 is 1.67 bits per heavy atom. The molecule has 2 atom stereocenters. The fourth-order valence-electron chi connectivity index (χ4n) is 6.65. The summed E-state index contributed by atoms with van der Waals surface area (Å²) in [5.41, 5.74) is 8.67. The Morgan fingerprint density at radius 3 is 2.30 bits per heavy atom. The summed E-state index contributed by atoms with van der Waals surface area (Å²) in [6.07, 6.45) is 9.33. The predicted molar refractivity (Wildman–Crippen MR) is 217 cm³/mol. The maximum atomic E-state index is 14.6. The monoisotopic (exact) mass is 733 g/mol.